The van der Waals surface area contributed by atoms with E-state index < -0.39 is 6.04 Å². The van der Waals surface area contributed by atoms with Gasteiger partial charge < -0.3 is 11.5 Å². The summed E-state index contributed by atoms with van der Waals surface area (Å²) in [6, 6.07) is 7.03. The van der Waals surface area contributed by atoms with Gasteiger partial charge in [0.25, 0.3) is 0 Å². The number of carbonyl (C=O) groups excluding carboxylic acids is 1. The Morgan fingerprint density at radius 1 is 1.44 bits per heavy atom. The number of nitrogens with two attached hydrogens (primary N) is 2. The number of rotatable bonds is 2. The smallest absolute Gasteiger partial charge is 0.159 e. The van der Waals surface area contributed by atoms with E-state index in [9.17, 15) is 4.79 Å². The summed E-state index contributed by atoms with van der Waals surface area (Å²) in [5.41, 5.74) is 13.9. The Kier molecular flexibility index (Phi) is 2.90. The number of ketones is 1. The Bertz CT molecular complexity index is 428. The van der Waals surface area contributed by atoms with Crippen molar-refractivity contribution in [1.29, 1.82) is 0 Å². The number of Topliss-reactive ketones (excluding diaryl/α,β-unsaturated/α-hetero) is 1. The third kappa shape index (κ3) is 1.68. The molecule has 0 bridgehead atoms. The maximum absolute atomic E-state index is 12.0. The summed E-state index contributed by atoms with van der Waals surface area (Å²) in [5, 5.41) is 0. The van der Waals surface area contributed by atoms with Crippen LogP contribution in [-0.4, -0.2) is 17.9 Å². The normalized spacial score (nSPS) is 26.0. The van der Waals surface area contributed by atoms with E-state index in [0.717, 1.165) is 11.1 Å². The van der Waals surface area contributed by atoms with Gasteiger partial charge in [-0.15, -0.1) is 6.58 Å². The van der Waals surface area contributed by atoms with Crippen molar-refractivity contribution < 1.29 is 4.79 Å². The van der Waals surface area contributed by atoms with Crippen LogP contribution in [0.1, 0.15) is 17.0 Å². The minimum atomic E-state index is -0.439. The maximum atomic E-state index is 12.0. The van der Waals surface area contributed by atoms with Crippen molar-refractivity contribution in [3.8, 4) is 0 Å². The van der Waals surface area contributed by atoms with Gasteiger partial charge in [0.1, 0.15) is 0 Å². The van der Waals surface area contributed by atoms with Crippen LogP contribution < -0.4 is 11.5 Å². The molecule has 3 nitrogen and oxygen atoms in total. The average molecular weight is 216 g/mol. The molecule has 0 radical (unpaired) electrons. The van der Waals surface area contributed by atoms with Gasteiger partial charge >= 0.3 is 0 Å². The Hall–Kier alpha value is -1.45. The Labute approximate surface area is 95.1 Å². The first kappa shape index (κ1) is 11.0. The van der Waals surface area contributed by atoms with Gasteiger partial charge in [0.2, 0.25) is 0 Å². The van der Waals surface area contributed by atoms with Crippen molar-refractivity contribution >= 4 is 5.78 Å². The van der Waals surface area contributed by atoms with E-state index in [1.165, 1.54) is 0 Å². The molecule has 3 unspecified atom stereocenters. The molecule has 3 heteroatoms. The highest BCUT2D eigenvalue weighted by Crippen LogP contribution is 2.30. The van der Waals surface area contributed by atoms with Gasteiger partial charge in [0, 0.05) is 6.04 Å². The van der Waals surface area contributed by atoms with Gasteiger partial charge in [-0.2, -0.15) is 0 Å². The van der Waals surface area contributed by atoms with E-state index in [0.29, 0.717) is 6.42 Å². The van der Waals surface area contributed by atoms with Gasteiger partial charge in [-0.1, -0.05) is 30.3 Å². The summed E-state index contributed by atoms with van der Waals surface area (Å²) >= 11 is 0. The van der Waals surface area contributed by atoms with Crippen LogP contribution in [0.3, 0.4) is 0 Å². The van der Waals surface area contributed by atoms with Crippen LogP contribution in [0.4, 0.5) is 0 Å². The number of hydrogen-bond donors (Lipinski definition) is 2. The average Bonchev–Trinajstić information content (AvgIpc) is 2.30. The predicted octanol–water partition coefficient (Wildman–Crippen LogP) is 0.736. The third-order valence-electron chi connectivity index (χ3n) is 3.16. The molecule has 0 aliphatic heterocycles. The minimum Gasteiger partial charge on any atom is -0.324 e. The number of fused-ring (bicyclic) bond motifs is 1. The zero-order valence-electron chi connectivity index (χ0n) is 9.10. The van der Waals surface area contributed by atoms with Gasteiger partial charge in [-0.25, -0.2) is 0 Å². The van der Waals surface area contributed by atoms with Gasteiger partial charge in [-0.3, -0.25) is 4.79 Å². The van der Waals surface area contributed by atoms with Crippen molar-refractivity contribution in [1.82, 2.24) is 0 Å². The SMILES string of the molecule is C=CC(N)C1C(=O)C(N)Cc2ccccc21. The predicted molar refractivity (Wildman–Crippen MR) is 64.0 cm³/mol. The van der Waals surface area contributed by atoms with E-state index >= 15 is 0 Å². The maximum Gasteiger partial charge on any atom is 0.159 e. The topological polar surface area (TPSA) is 69.1 Å². The van der Waals surface area contributed by atoms with Crippen molar-refractivity contribution in [2.45, 2.75) is 24.4 Å². The van der Waals surface area contributed by atoms with Gasteiger partial charge in [0.05, 0.1) is 12.0 Å². The molecule has 0 aromatic heterocycles. The third-order valence-corrected chi connectivity index (χ3v) is 3.16. The molecule has 1 aliphatic carbocycles. The Morgan fingerprint density at radius 2 is 2.12 bits per heavy atom. The Morgan fingerprint density at radius 3 is 2.81 bits per heavy atom. The molecule has 1 aromatic carbocycles. The van der Waals surface area contributed by atoms with E-state index in [2.05, 4.69) is 6.58 Å². The summed E-state index contributed by atoms with van der Waals surface area (Å²) in [5.74, 6) is -0.316. The second kappa shape index (κ2) is 4.20. The van der Waals surface area contributed by atoms with Crippen LogP contribution >= 0.6 is 0 Å². The summed E-state index contributed by atoms with van der Waals surface area (Å²) in [4.78, 5) is 12.0. The molecule has 0 saturated carbocycles. The highest BCUT2D eigenvalue weighted by molar-refractivity contribution is 5.93. The molecule has 0 saturated heterocycles. The first-order valence-electron chi connectivity index (χ1n) is 5.40. The van der Waals surface area contributed by atoms with Crippen LogP contribution in [0, 0.1) is 0 Å². The second-order valence-corrected chi connectivity index (χ2v) is 4.20. The lowest BCUT2D eigenvalue weighted by Gasteiger charge is -2.30. The highest BCUT2D eigenvalue weighted by atomic mass is 16.1. The summed E-state index contributed by atoms with van der Waals surface area (Å²) in [7, 11) is 0. The van der Waals surface area contributed by atoms with Crippen LogP contribution in [0.2, 0.25) is 0 Å². The molecule has 4 N–H and O–H groups in total. The lowest BCUT2D eigenvalue weighted by atomic mass is 9.76. The molecule has 16 heavy (non-hydrogen) atoms. The van der Waals surface area contributed by atoms with Crippen LogP contribution in [0.15, 0.2) is 36.9 Å². The number of hydrogen-bond acceptors (Lipinski definition) is 3. The first-order valence-corrected chi connectivity index (χ1v) is 5.40. The van der Waals surface area contributed by atoms with E-state index in [-0.39, 0.29) is 17.7 Å². The molecule has 0 heterocycles. The van der Waals surface area contributed by atoms with E-state index in [1.54, 1.807) is 6.08 Å². The second-order valence-electron chi connectivity index (χ2n) is 4.20. The fraction of sp³-hybridized carbons (Fsp3) is 0.308. The van der Waals surface area contributed by atoms with E-state index in [1.807, 2.05) is 24.3 Å². The molecule has 0 spiro atoms. The van der Waals surface area contributed by atoms with E-state index in [4.69, 9.17) is 11.5 Å². The molecule has 0 fully saturated rings. The molecule has 84 valence electrons. The minimum absolute atomic E-state index is 0.0195. The molecular weight excluding hydrogens is 200 g/mol. The Balaban J connectivity index is 2.49. The highest BCUT2D eigenvalue weighted by Gasteiger charge is 2.35. The van der Waals surface area contributed by atoms with Crippen LogP contribution in [0.25, 0.3) is 0 Å². The van der Waals surface area contributed by atoms with Crippen molar-refractivity contribution in [2.24, 2.45) is 11.5 Å². The molecule has 3 atom stereocenters. The van der Waals surface area contributed by atoms with Gasteiger partial charge in [-0.05, 0) is 17.5 Å². The fourth-order valence-electron chi connectivity index (χ4n) is 2.28. The van der Waals surface area contributed by atoms with Gasteiger partial charge in [0.15, 0.2) is 5.78 Å². The standard InChI is InChI=1S/C13H16N2O/c1-2-10(14)12-9-6-4-3-5-8(9)7-11(15)13(12)16/h2-6,10-12H,1,7,14-15H2. The molecule has 0 amide bonds. The zero-order valence-corrected chi connectivity index (χ0v) is 9.10. The first-order chi connectivity index (χ1) is 7.65. The molecule has 2 rings (SSSR count). The quantitative estimate of drug-likeness (QED) is 0.716. The van der Waals surface area contributed by atoms with Crippen molar-refractivity contribution in [3.05, 3.63) is 48.0 Å². The summed E-state index contributed by atoms with van der Waals surface area (Å²) in [6.45, 7) is 3.65. The zero-order chi connectivity index (χ0) is 11.7. The van der Waals surface area contributed by atoms with Crippen LogP contribution in [0.5, 0.6) is 0 Å². The largest absolute Gasteiger partial charge is 0.324 e. The summed E-state index contributed by atoms with van der Waals surface area (Å²) < 4.78 is 0. The summed E-state index contributed by atoms with van der Waals surface area (Å²) in [6.07, 6.45) is 2.22. The fourth-order valence-corrected chi connectivity index (χ4v) is 2.28. The lowest BCUT2D eigenvalue weighted by Crippen LogP contribution is -2.46. The van der Waals surface area contributed by atoms with Crippen molar-refractivity contribution in [3.63, 3.8) is 0 Å². The number of benzene rings is 1. The molecule has 1 aromatic rings. The monoisotopic (exact) mass is 216 g/mol. The number of carbonyl (C=O) groups is 1. The van der Waals surface area contributed by atoms with Crippen molar-refractivity contribution in [2.75, 3.05) is 0 Å². The molecular formula is C13H16N2O. The molecule has 1 aliphatic rings. The lowest BCUT2D eigenvalue weighted by molar-refractivity contribution is -0.122. The van der Waals surface area contributed by atoms with Crippen LogP contribution in [-0.2, 0) is 11.2 Å².